The van der Waals surface area contributed by atoms with Gasteiger partial charge in [-0.25, -0.2) is 0 Å². The summed E-state index contributed by atoms with van der Waals surface area (Å²) in [4.78, 5) is 36.8. The molecular formula is C16H20N2O4. The minimum atomic E-state index is -0.293. The SMILES string of the molecule is CCCCNC(=O)CN1C(=O)COc2ccc(C(C)=O)cc21. The quantitative estimate of drug-likeness (QED) is 0.639. The summed E-state index contributed by atoms with van der Waals surface area (Å²) in [6.45, 7) is 3.91. The Hall–Kier alpha value is -2.37. The third kappa shape index (κ3) is 3.63. The van der Waals surface area contributed by atoms with E-state index in [-0.39, 0.29) is 30.7 Å². The summed E-state index contributed by atoms with van der Waals surface area (Å²) in [7, 11) is 0. The number of carbonyl (C=O) groups is 3. The van der Waals surface area contributed by atoms with Crippen LogP contribution in [0.4, 0.5) is 5.69 Å². The number of unbranched alkanes of at least 4 members (excludes halogenated alkanes) is 1. The van der Waals surface area contributed by atoms with Crippen LogP contribution in [0.3, 0.4) is 0 Å². The molecule has 6 nitrogen and oxygen atoms in total. The highest BCUT2D eigenvalue weighted by Crippen LogP contribution is 2.32. The number of nitrogens with zero attached hydrogens (tertiary/aromatic N) is 1. The Morgan fingerprint density at radius 1 is 1.36 bits per heavy atom. The van der Waals surface area contributed by atoms with Gasteiger partial charge in [0.05, 0.1) is 5.69 Å². The van der Waals surface area contributed by atoms with Gasteiger partial charge in [-0.3, -0.25) is 19.3 Å². The maximum atomic E-state index is 12.0. The van der Waals surface area contributed by atoms with E-state index in [1.807, 2.05) is 6.92 Å². The second-order valence-electron chi connectivity index (χ2n) is 5.21. The van der Waals surface area contributed by atoms with Crippen LogP contribution in [0.5, 0.6) is 5.75 Å². The zero-order chi connectivity index (χ0) is 16.1. The minimum absolute atomic E-state index is 0.0692. The van der Waals surface area contributed by atoms with Crippen molar-refractivity contribution < 1.29 is 19.1 Å². The molecule has 6 heteroatoms. The fourth-order valence-electron chi connectivity index (χ4n) is 2.20. The number of Topliss-reactive ketones (excluding diaryl/α,β-unsaturated/α-hetero) is 1. The molecule has 1 aliphatic heterocycles. The second-order valence-corrected chi connectivity index (χ2v) is 5.21. The number of hydrogen-bond donors (Lipinski definition) is 1. The standard InChI is InChI=1S/C16H20N2O4/c1-3-4-7-17-15(20)9-18-13-8-12(11(2)19)5-6-14(13)22-10-16(18)21/h5-6,8H,3-4,7,9-10H2,1-2H3,(H,17,20). The molecule has 1 N–H and O–H groups in total. The number of rotatable bonds is 6. The number of anilines is 1. The second kappa shape index (κ2) is 7.06. The van der Waals surface area contributed by atoms with Crippen molar-refractivity contribution in [1.82, 2.24) is 5.32 Å². The Kier molecular flexibility index (Phi) is 5.14. The van der Waals surface area contributed by atoms with Crippen molar-refractivity contribution in [2.45, 2.75) is 26.7 Å². The Morgan fingerprint density at radius 2 is 2.14 bits per heavy atom. The summed E-state index contributed by atoms with van der Waals surface area (Å²) in [6, 6.07) is 4.89. The molecule has 0 saturated heterocycles. The molecule has 0 spiro atoms. The maximum absolute atomic E-state index is 12.0. The van der Waals surface area contributed by atoms with E-state index in [9.17, 15) is 14.4 Å². The van der Waals surface area contributed by atoms with E-state index in [1.54, 1.807) is 18.2 Å². The molecule has 0 saturated carbocycles. The van der Waals surface area contributed by atoms with Crippen molar-refractivity contribution >= 4 is 23.3 Å². The largest absolute Gasteiger partial charge is 0.482 e. The highest BCUT2D eigenvalue weighted by Gasteiger charge is 2.27. The lowest BCUT2D eigenvalue weighted by molar-refractivity contribution is -0.125. The maximum Gasteiger partial charge on any atom is 0.265 e. The molecule has 0 atom stereocenters. The summed E-state index contributed by atoms with van der Waals surface area (Å²) in [5, 5.41) is 2.78. The number of fused-ring (bicyclic) bond motifs is 1. The Morgan fingerprint density at radius 3 is 2.82 bits per heavy atom. The average molecular weight is 304 g/mol. The summed E-state index contributed by atoms with van der Waals surface area (Å²) in [5.41, 5.74) is 0.947. The lowest BCUT2D eigenvalue weighted by atomic mass is 10.1. The van der Waals surface area contributed by atoms with Crippen molar-refractivity contribution in [3.63, 3.8) is 0 Å². The van der Waals surface area contributed by atoms with Gasteiger partial charge < -0.3 is 10.1 Å². The number of ether oxygens (including phenoxy) is 1. The molecule has 118 valence electrons. The Bertz CT molecular complexity index is 598. The molecule has 2 amide bonds. The highest BCUT2D eigenvalue weighted by atomic mass is 16.5. The molecule has 0 fully saturated rings. The van der Waals surface area contributed by atoms with Gasteiger partial charge in [0.1, 0.15) is 12.3 Å². The first-order valence-corrected chi connectivity index (χ1v) is 7.37. The molecule has 0 aromatic heterocycles. The Balaban J connectivity index is 2.17. The zero-order valence-electron chi connectivity index (χ0n) is 12.8. The van der Waals surface area contributed by atoms with Crippen LogP contribution in [0.2, 0.25) is 0 Å². The van der Waals surface area contributed by atoms with E-state index in [2.05, 4.69) is 5.32 Å². The number of benzene rings is 1. The van der Waals surface area contributed by atoms with Crippen LogP contribution in [0.25, 0.3) is 0 Å². The summed E-state index contributed by atoms with van der Waals surface area (Å²) in [5.74, 6) is -0.110. The van der Waals surface area contributed by atoms with Gasteiger partial charge in [-0.05, 0) is 31.5 Å². The number of nitrogens with one attached hydrogen (secondary N) is 1. The monoisotopic (exact) mass is 304 g/mol. The summed E-state index contributed by atoms with van der Waals surface area (Å²) in [6.07, 6.45) is 1.88. The molecule has 1 heterocycles. The van der Waals surface area contributed by atoms with Crippen molar-refractivity contribution in [3.8, 4) is 5.75 Å². The third-order valence-corrected chi connectivity index (χ3v) is 3.46. The van der Waals surface area contributed by atoms with E-state index >= 15 is 0 Å². The lowest BCUT2D eigenvalue weighted by Gasteiger charge is -2.29. The first-order valence-electron chi connectivity index (χ1n) is 7.37. The van der Waals surface area contributed by atoms with Gasteiger partial charge in [0, 0.05) is 12.1 Å². The van der Waals surface area contributed by atoms with Gasteiger partial charge in [-0.1, -0.05) is 13.3 Å². The molecular weight excluding hydrogens is 284 g/mol. The fraction of sp³-hybridized carbons (Fsp3) is 0.438. The zero-order valence-corrected chi connectivity index (χ0v) is 12.8. The molecule has 1 aromatic carbocycles. The van der Waals surface area contributed by atoms with E-state index < -0.39 is 0 Å². The lowest BCUT2D eigenvalue weighted by Crippen LogP contribution is -2.45. The first kappa shape index (κ1) is 16.0. The number of amides is 2. The molecule has 0 radical (unpaired) electrons. The van der Waals surface area contributed by atoms with Crippen LogP contribution in [0.1, 0.15) is 37.0 Å². The fourth-order valence-corrected chi connectivity index (χ4v) is 2.20. The topological polar surface area (TPSA) is 75.7 Å². The first-order chi connectivity index (χ1) is 10.5. The average Bonchev–Trinajstić information content (AvgIpc) is 2.50. The van der Waals surface area contributed by atoms with Crippen LogP contribution in [-0.2, 0) is 9.59 Å². The van der Waals surface area contributed by atoms with Gasteiger partial charge in [-0.15, -0.1) is 0 Å². The normalized spacial score (nSPS) is 13.4. The van der Waals surface area contributed by atoms with Gasteiger partial charge in [0.2, 0.25) is 5.91 Å². The molecule has 0 bridgehead atoms. The molecule has 0 unspecified atom stereocenters. The van der Waals surface area contributed by atoms with Gasteiger partial charge >= 0.3 is 0 Å². The van der Waals surface area contributed by atoms with E-state index in [1.165, 1.54) is 11.8 Å². The van der Waals surface area contributed by atoms with Crippen LogP contribution in [-0.4, -0.2) is 37.3 Å². The van der Waals surface area contributed by atoms with Crippen molar-refractivity contribution in [2.24, 2.45) is 0 Å². The van der Waals surface area contributed by atoms with Crippen molar-refractivity contribution in [3.05, 3.63) is 23.8 Å². The predicted molar refractivity (Wildman–Crippen MR) is 82.2 cm³/mol. The molecule has 1 aromatic rings. The van der Waals surface area contributed by atoms with E-state index in [0.717, 1.165) is 12.8 Å². The highest BCUT2D eigenvalue weighted by molar-refractivity contribution is 6.04. The van der Waals surface area contributed by atoms with Crippen molar-refractivity contribution in [2.75, 3.05) is 24.6 Å². The van der Waals surface area contributed by atoms with Gasteiger partial charge in [-0.2, -0.15) is 0 Å². The smallest absolute Gasteiger partial charge is 0.265 e. The van der Waals surface area contributed by atoms with E-state index in [0.29, 0.717) is 23.5 Å². The van der Waals surface area contributed by atoms with Crippen LogP contribution < -0.4 is 15.0 Å². The third-order valence-electron chi connectivity index (χ3n) is 3.46. The predicted octanol–water partition coefficient (Wildman–Crippen LogP) is 1.53. The van der Waals surface area contributed by atoms with Crippen molar-refractivity contribution in [1.29, 1.82) is 0 Å². The number of carbonyl (C=O) groups excluding carboxylic acids is 3. The minimum Gasteiger partial charge on any atom is -0.482 e. The number of hydrogen-bond acceptors (Lipinski definition) is 4. The molecule has 1 aliphatic rings. The summed E-state index contributed by atoms with van der Waals surface area (Å²) >= 11 is 0. The van der Waals surface area contributed by atoms with Crippen LogP contribution in [0, 0.1) is 0 Å². The molecule has 22 heavy (non-hydrogen) atoms. The molecule has 2 rings (SSSR count). The number of ketones is 1. The van der Waals surface area contributed by atoms with Crippen LogP contribution >= 0.6 is 0 Å². The molecule has 0 aliphatic carbocycles. The van der Waals surface area contributed by atoms with Gasteiger partial charge in [0.15, 0.2) is 12.4 Å². The Labute approximate surface area is 129 Å². The van der Waals surface area contributed by atoms with Gasteiger partial charge in [0.25, 0.3) is 5.91 Å². The van der Waals surface area contributed by atoms with Crippen LogP contribution in [0.15, 0.2) is 18.2 Å². The van der Waals surface area contributed by atoms with E-state index in [4.69, 9.17) is 4.74 Å². The summed E-state index contributed by atoms with van der Waals surface area (Å²) < 4.78 is 5.35.